The van der Waals surface area contributed by atoms with Gasteiger partial charge in [0, 0.05) is 18.2 Å². The monoisotopic (exact) mass is 251 g/mol. The van der Waals surface area contributed by atoms with Gasteiger partial charge in [0.05, 0.1) is 11.3 Å². The van der Waals surface area contributed by atoms with Gasteiger partial charge in [-0.25, -0.2) is 4.79 Å². The van der Waals surface area contributed by atoms with Crippen molar-refractivity contribution in [3.05, 3.63) is 29.3 Å². The summed E-state index contributed by atoms with van der Waals surface area (Å²) >= 11 is 4.26. The van der Waals surface area contributed by atoms with E-state index in [-0.39, 0.29) is 16.7 Å². The van der Waals surface area contributed by atoms with E-state index in [2.05, 4.69) is 12.6 Å². The van der Waals surface area contributed by atoms with E-state index >= 15 is 0 Å². The summed E-state index contributed by atoms with van der Waals surface area (Å²) in [5.74, 6) is -1.08. The fourth-order valence-corrected chi connectivity index (χ4v) is 2.40. The summed E-state index contributed by atoms with van der Waals surface area (Å²) < 4.78 is 0. The Labute approximate surface area is 105 Å². The molecular weight excluding hydrogens is 238 g/mol. The van der Waals surface area contributed by atoms with Crippen molar-refractivity contribution in [3.63, 3.8) is 0 Å². The molecular formula is C12H13NO3S. The van der Waals surface area contributed by atoms with Crippen molar-refractivity contribution in [2.75, 3.05) is 11.4 Å². The van der Waals surface area contributed by atoms with E-state index in [1.807, 2.05) is 0 Å². The van der Waals surface area contributed by atoms with E-state index in [1.165, 1.54) is 4.90 Å². The Morgan fingerprint density at radius 1 is 1.53 bits per heavy atom. The first-order chi connectivity index (χ1) is 8.00. The van der Waals surface area contributed by atoms with Crippen LogP contribution in [-0.2, 0) is 4.79 Å². The first-order valence-corrected chi connectivity index (χ1v) is 5.83. The number of carboxylic acid groups (broad SMARTS) is 1. The Morgan fingerprint density at radius 3 is 2.76 bits per heavy atom. The normalized spacial score (nSPS) is 19.8. The summed E-state index contributed by atoms with van der Waals surface area (Å²) in [5.41, 5.74) is 1.33. The lowest BCUT2D eigenvalue weighted by Gasteiger charge is -2.19. The molecule has 4 nitrogen and oxygen atoms in total. The number of amides is 1. The minimum atomic E-state index is -1.01. The lowest BCUT2D eigenvalue weighted by molar-refractivity contribution is -0.117. The molecule has 1 atom stereocenters. The number of carbonyl (C=O) groups excluding carboxylic acids is 1. The molecule has 1 aliphatic rings. The maximum absolute atomic E-state index is 11.8. The van der Waals surface area contributed by atoms with E-state index in [9.17, 15) is 14.7 Å². The second-order valence-corrected chi connectivity index (χ2v) is 4.87. The van der Waals surface area contributed by atoms with Crippen molar-refractivity contribution in [2.24, 2.45) is 0 Å². The van der Waals surface area contributed by atoms with Crippen LogP contribution in [0.3, 0.4) is 0 Å². The Bertz CT molecular complexity index is 487. The lowest BCUT2D eigenvalue weighted by Crippen LogP contribution is -2.27. The molecule has 0 aromatic heterocycles. The summed E-state index contributed by atoms with van der Waals surface area (Å²) in [6.45, 7) is 2.19. The molecule has 1 aromatic carbocycles. The molecule has 1 N–H and O–H groups in total. The van der Waals surface area contributed by atoms with Crippen LogP contribution < -0.4 is 4.90 Å². The second kappa shape index (κ2) is 4.41. The predicted octanol–water partition coefficient (Wildman–Crippen LogP) is 1.73. The van der Waals surface area contributed by atoms with Crippen molar-refractivity contribution in [1.82, 2.24) is 0 Å². The minimum Gasteiger partial charge on any atom is -0.478 e. The molecule has 1 unspecified atom stereocenters. The van der Waals surface area contributed by atoms with Crippen LogP contribution in [0.25, 0.3) is 0 Å². The van der Waals surface area contributed by atoms with Crippen LogP contribution in [-0.4, -0.2) is 28.8 Å². The maximum Gasteiger partial charge on any atom is 0.338 e. The zero-order valence-electron chi connectivity index (χ0n) is 9.38. The van der Waals surface area contributed by atoms with Gasteiger partial charge in [-0.05, 0) is 18.6 Å². The standard InChI is InChI=1S/C12H13NO3S/c1-7-3-2-4-9(11(7)12(15)16)13-6-8(17)5-10(13)14/h2-4,8,17H,5-6H2,1H3,(H,15,16). The molecule has 17 heavy (non-hydrogen) atoms. The number of hydrogen-bond acceptors (Lipinski definition) is 3. The highest BCUT2D eigenvalue weighted by Gasteiger charge is 2.31. The van der Waals surface area contributed by atoms with E-state index in [0.29, 0.717) is 24.2 Å². The molecule has 2 rings (SSSR count). The maximum atomic E-state index is 11.8. The third kappa shape index (κ3) is 2.15. The number of nitrogens with zero attached hydrogens (tertiary/aromatic N) is 1. The number of aryl methyl sites for hydroxylation is 1. The average molecular weight is 251 g/mol. The summed E-state index contributed by atoms with van der Waals surface area (Å²) in [5, 5.41) is 9.18. The Morgan fingerprint density at radius 2 is 2.24 bits per heavy atom. The molecule has 0 bridgehead atoms. The quantitative estimate of drug-likeness (QED) is 0.787. The molecule has 5 heteroatoms. The number of benzene rings is 1. The number of anilines is 1. The van der Waals surface area contributed by atoms with E-state index < -0.39 is 5.97 Å². The molecule has 0 aliphatic carbocycles. The number of rotatable bonds is 2. The molecule has 90 valence electrons. The molecule has 0 radical (unpaired) electrons. The van der Waals surface area contributed by atoms with Crippen molar-refractivity contribution >= 4 is 30.2 Å². The second-order valence-electron chi connectivity index (χ2n) is 4.14. The van der Waals surface area contributed by atoms with Crippen molar-refractivity contribution in [1.29, 1.82) is 0 Å². The Hall–Kier alpha value is -1.49. The number of aromatic carboxylic acids is 1. The van der Waals surface area contributed by atoms with Crippen molar-refractivity contribution < 1.29 is 14.7 Å². The first-order valence-electron chi connectivity index (χ1n) is 5.32. The topological polar surface area (TPSA) is 57.6 Å². The molecule has 0 spiro atoms. The minimum absolute atomic E-state index is 0.0235. The van der Waals surface area contributed by atoms with Gasteiger partial charge in [-0.15, -0.1) is 0 Å². The summed E-state index contributed by atoms with van der Waals surface area (Å²) in [6.07, 6.45) is 0.357. The predicted molar refractivity (Wildman–Crippen MR) is 67.9 cm³/mol. The molecule has 1 saturated heterocycles. The average Bonchev–Trinajstić information content (AvgIpc) is 2.56. The fourth-order valence-electron chi connectivity index (χ4n) is 2.08. The van der Waals surface area contributed by atoms with Gasteiger partial charge in [-0.1, -0.05) is 12.1 Å². The van der Waals surface area contributed by atoms with Gasteiger partial charge in [0.2, 0.25) is 5.91 Å². The van der Waals surface area contributed by atoms with Gasteiger partial charge in [-0.2, -0.15) is 12.6 Å². The summed E-state index contributed by atoms with van der Waals surface area (Å²) in [6, 6.07) is 5.15. The first kappa shape index (κ1) is 12.0. The van der Waals surface area contributed by atoms with E-state index in [4.69, 9.17) is 0 Å². The van der Waals surface area contributed by atoms with E-state index in [0.717, 1.165) is 0 Å². The Kier molecular flexibility index (Phi) is 3.11. The lowest BCUT2D eigenvalue weighted by atomic mass is 10.1. The summed E-state index contributed by atoms with van der Waals surface area (Å²) in [7, 11) is 0. The van der Waals surface area contributed by atoms with Gasteiger partial charge in [0.1, 0.15) is 0 Å². The van der Waals surface area contributed by atoms with Crippen molar-refractivity contribution in [2.45, 2.75) is 18.6 Å². The Balaban J connectivity index is 2.49. The zero-order valence-corrected chi connectivity index (χ0v) is 10.3. The van der Waals surface area contributed by atoms with Crippen LogP contribution in [0.15, 0.2) is 18.2 Å². The van der Waals surface area contributed by atoms with Gasteiger partial charge < -0.3 is 10.0 Å². The largest absolute Gasteiger partial charge is 0.478 e. The zero-order chi connectivity index (χ0) is 12.6. The van der Waals surface area contributed by atoms with Crippen LogP contribution in [0, 0.1) is 6.92 Å². The van der Waals surface area contributed by atoms with Crippen LogP contribution in [0.2, 0.25) is 0 Å². The molecule has 1 aromatic rings. The van der Waals surface area contributed by atoms with Gasteiger partial charge in [0.25, 0.3) is 0 Å². The van der Waals surface area contributed by atoms with Gasteiger partial charge >= 0.3 is 5.97 Å². The number of carbonyl (C=O) groups is 2. The number of hydrogen-bond donors (Lipinski definition) is 2. The summed E-state index contributed by atoms with van der Waals surface area (Å²) in [4.78, 5) is 24.5. The third-order valence-corrected chi connectivity index (χ3v) is 3.21. The number of thiol groups is 1. The van der Waals surface area contributed by atoms with E-state index in [1.54, 1.807) is 25.1 Å². The molecule has 0 saturated carbocycles. The van der Waals surface area contributed by atoms with Crippen LogP contribution in [0.1, 0.15) is 22.3 Å². The smallest absolute Gasteiger partial charge is 0.338 e. The van der Waals surface area contributed by atoms with Crippen LogP contribution in [0.4, 0.5) is 5.69 Å². The highest BCUT2D eigenvalue weighted by Crippen LogP contribution is 2.29. The highest BCUT2D eigenvalue weighted by atomic mass is 32.1. The van der Waals surface area contributed by atoms with Crippen LogP contribution >= 0.6 is 12.6 Å². The SMILES string of the molecule is Cc1cccc(N2CC(S)CC2=O)c1C(=O)O. The number of carboxylic acids is 1. The van der Waals surface area contributed by atoms with Gasteiger partial charge in [0.15, 0.2) is 0 Å². The fraction of sp³-hybridized carbons (Fsp3) is 0.333. The van der Waals surface area contributed by atoms with Gasteiger partial charge in [-0.3, -0.25) is 4.79 Å². The van der Waals surface area contributed by atoms with Crippen molar-refractivity contribution in [3.8, 4) is 0 Å². The third-order valence-electron chi connectivity index (χ3n) is 2.86. The molecule has 1 heterocycles. The molecule has 1 amide bonds. The molecule has 1 fully saturated rings. The molecule has 1 aliphatic heterocycles. The van der Waals surface area contributed by atoms with Crippen LogP contribution in [0.5, 0.6) is 0 Å². The highest BCUT2D eigenvalue weighted by molar-refractivity contribution is 7.81.